The lowest BCUT2D eigenvalue weighted by molar-refractivity contribution is -0.137. The first-order valence-electron chi connectivity index (χ1n) is 6.52. The Morgan fingerprint density at radius 3 is 2.47 bits per heavy atom. The first kappa shape index (κ1) is 14.4. The zero-order valence-electron chi connectivity index (χ0n) is 10.9. The maximum Gasteiger partial charge on any atom is 0.245 e. The minimum atomic E-state index is -3.60. The molecule has 0 aliphatic carbocycles. The number of rotatable bonds is 3. The van der Waals surface area contributed by atoms with Gasteiger partial charge in [-0.05, 0) is 32.4 Å². The molecule has 19 heavy (non-hydrogen) atoms. The lowest BCUT2D eigenvalue weighted by atomic mass is 10.1. The van der Waals surface area contributed by atoms with Gasteiger partial charge in [-0.15, -0.1) is 0 Å². The summed E-state index contributed by atoms with van der Waals surface area (Å²) in [6.45, 7) is 2.78. The molecular formula is C11H19N3O4S. The number of hydrogen-bond donors (Lipinski definition) is 2. The second kappa shape index (κ2) is 5.56. The van der Waals surface area contributed by atoms with E-state index in [4.69, 9.17) is 0 Å². The van der Waals surface area contributed by atoms with Gasteiger partial charge in [0.2, 0.25) is 21.8 Å². The van der Waals surface area contributed by atoms with Crippen LogP contribution in [0.3, 0.4) is 0 Å². The minimum Gasteiger partial charge on any atom is -0.317 e. The Hall–Kier alpha value is -0.990. The van der Waals surface area contributed by atoms with E-state index in [-0.39, 0.29) is 6.54 Å². The molecular weight excluding hydrogens is 270 g/mol. The van der Waals surface area contributed by atoms with Gasteiger partial charge in [-0.2, -0.15) is 4.31 Å². The lowest BCUT2D eigenvalue weighted by Crippen LogP contribution is -2.61. The van der Waals surface area contributed by atoms with E-state index >= 15 is 0 Å². The Morgan fingerprint density at radius 2 is 1.89 bits per heavy atom. The molecule has 0 bridgehead atoms. The normalized spacial score (nSPS) is 27.3. The van der Waals surface area contributed by atoms with Crippen molar-refractivity contribution in [1.29, 1.82) is 0 Å². The van der Waals surface area contributed by atoms with Gasteiger partial charge < -0.3 is 5.32 Å². The van der Waals surface area contributed by atoms with E-state index in [2.05, 4.69) is 10.6 Å². The van der Waals surface area contributed by atoms with Crippen LogP contribution in [-0.4, -0.2) is 55.5 Å². The number of nitrogens with zero attached hydrogens (tertiary/aromatic N) is 1. The Balaban J connectivity index is 2.25. The number of hydrogen-bond acceptors (Lipinski definition) is 5. The smallest absolute Gasteiger partial charge is 0.245 e. The van der Waals surface area contributed by atoms with Crippen LogP contribution in [0, 0.1) is 0 Å². The molecule has 2 N–H and O–H groups in total. The minimum absolute atomic E-state index is 0.253. The lowest BCUT2D eigenvalue weighted by Gasteiger charge is -2.36. The van der Waals surface area contributed by atoms with Crippen LogP contribution in [0.15, 0.2) is 0 Å². The van der Waals surface area contributed by atoms with Gasteiger partial charge in [-0.3, -0.25) is 14.9 Å². The number of imide groups is 1. The first-order chi connectivity index (χ1) is 8.96. The molecule has 0 aromatic carbocycles. The third-order valence-electron chi connectivity index (χ3n) is 3.63. The summed E-state index contributed by atoms with van der Waals surface area (Å²) in [5.41, 5.74) is 0. The van der Waals surface area contributed by atoms with E-state index in [0.29, 0.717) is 32.4 Å². The Kier molecular flexibility index (Phi) is 4.22. The summed E-state index contributed by atoms with van der Waals surface area (Å²) in [7, 11) is -3.60. The number of amides is 2. The maximum atomic E-state index is 12.6. The molecule has 2 aliphatic heterocycles. The van der Waals surface area contributed by atoms with Crippen molar-refractivity contribution in [2.24, 2.45) is 0 Å². The zero-order chi connectivity index (χ0) is 14.0. The number of nitrogens with one attached hydrogen (secondary N) is 2. The summed E-state index contributed by atoms with van der Waals surface area (Å²) in [5, 5.41) is 4.79. The van der Waals surface area contributed by atoms with Gasteiger partial charge in [0.1, 0.15) is 6.04 Å². The second-order valence-corrected chi connectivity index (χ2v) is 7.04. The third kappa shape index (κ3) is 2.80. The van der Waals surface area contributed by atoms with Crippen LogP contribution in [0.4, 0.5) is 0 Å². The Bertz CT molecular complexity index is 470. The number of carbonyl (C=O) groups excluding carboxylic acids is 2. The van der Waals surface area contributed by atoms with Crippen molar-refractivity contribution in [3.05, 3.63) is 0 Å². The van der Waals surface area contributed by atoms with Crippen molar-refractivity contribution < 1.29 is 18.0 Å². The van der Waals surface area contributed by atoms with Gasteiger partial charge in [0.25, 0.3) is 0 Å². The largest absolute Gasteiger partial charge is 0.317 e. The van der Waals surface area contributed by atoms with Gasteiger partial charge >= 0.3 is 0 Å². The molecule has 2 heterocycles. The predicted octanol–water partition coefficient (Wildman–Crippen LogP) is -1.19. The van der Waals surface area contributed by atoms with Crippen molar-refractivity contribution in [1.82, 2.24) is 14.9 Å². The topological polar surface area (TPSA) is 95.6 Å². The number of sulfonamides is 1. The van der Waals surface area contributed by atoms with E-state index < -0.39 is 33.1 Å². The molecule has 0 aromatic heterocycles. The van der Waals surface area contributed by atoms with Gasteiger partial charge in [0.05, 0.1) is 11.8 Å². The SMILES string of the molecule is CCC1C(=O)NC(=O)CN1S(=O)(=O)C1CCNCC1. The molecule has 2 fully saturated rings. The van der Waals surface area contributed by atoms with E-state index in [1.54, 1.807) is 6.92 Å². The van der Waals surface area contributed by atoms with Crippen molar-refractivity contribution in [2.75, 3.05) is 19.6 Å². The van der Waals surface area contributed by atoms with Gasteiger partial charge in [0.15, 0.2) is 0 Å². The molecule has 0 radical (unpaired) electrons. The molecule has 2 aliphatic rings. The van der Waals surface area contributed by atoms with Crippen LogP contribution >= 0.6 is 0 Å². The van der Waals surface area contributed by atoms with E-state index in [1.807, 2.05) is 0 Å². The molecule has 2 rings (SSSR count). The summed E-state index contributed by atoms with van der Waals surface area (Å²) in [6.07, 6.45) is 1.40. The monoisotopic (exact) mass is 289 g/mol. The molecule has 2 saturated heterocycles. The molecule has 8 heteroatoms. The molecule has 1 unspecified atom stereocenters. The fourth-order valence-electron chi connectivity index (χ4n) is 2.58. The summed E-state index contributed by atoms with van der Waals surface area (Å²) in [4.78, 5) is 23.1. The van der Waals surface area contributed by atoms with E-state index in [1.165, 1.54) is 0 Å². The standard InChI is InChI=1S/C11H19N3O4S/c1-2-9-11(16)13-10(15)7-14(9)19(17,18)8-3-5-12-6-4-8/h8-9,12H,2-7H2,1H3,(H,13,15,16). The Morgan fingerprint density at radius 1 is 1.26 bits per heavy atom. The van der Waals surface area contributed by atoms with E-state index in [9.17, 15) is 18.0 Å². The van der Waals surface area contributed by atoms with Crippen LogP contribution in [0.5, 0.6) is 0 Å². The summed E-state index contributed by atoms with van der Waals surface area (Å²) >= 11 is 0. The highest BCUT2D eigenvalue weighted by Gasteiger charge is 2.43. The van der Waals surface area contributed by atoms with Crippen LogP contribution in [0.1, 0.15) is 26.2 Å². The fraction of sp³-hybridized carbons (Fsp3) is 0.818. The van der Waals surface area contributed by atoms with Gasteiger partial charge in [0, 0.05) is 0 Å². The number of piperidine rings is 1. The average molecular weight is 289 g/mol. The van der Waals surface area contributed by atoms with Crippen LogP contribution in [-0.2, 0) is 19.6 Å². The molecule has 1 atom stereocenters. The molecule has 7 nitrogen and oxygen atoms in total. The van der Waals surface area contributed by atoms with Crippen molar-refractivity contribution in [3.63, 3.8) is 0 Å². The number of piperazine rings is 1. The molecule has 0 saturated carbocycles. The summed E-state index contributed by atoms with van der Waals surface area (Å²) < 4.78 is 26.2. The fourth-order valence-corrected chi connectivity index (χ4v) is 4.69. The maximum absolute atomic E-state index is 12.6. The van der Waals surface area contributed by atoms with Gasteiger partial charge in [-0.25, -0.2) is 8.42 Å². The highest BCUT2D eigenvalue weighted by Crippen LogP contribution is 2.22. The summed E-state index contributed by atoms with van der Waals surface area (Å²) in [5.74, 6) is -1.07. The van der Waals surface area contributed by atoms with Crippen LogP contribution in [0.2, 0.25) is 0 Å². The van der Waals surface area contributed by atoms with Gasteiger partial charge in [-0.1, -0.05) is 6.92 Å². The van der Waals surface area contributed by atoms with Crippen molar-refractivity contribution in [3.8, 4) is 0 Å². The predicted molar refractivity (Wildman–Crippen MR) is 68.7 cm³/mol. The van der Waals surface area contributed by atoms with Crippen molar-refractivity contribution in [2.45, 2.75) is 37.5 Å². The third-order valence-corrected chi connectivity index (χ3v) is 5.98. The average Bonchev–Trinajstić information content (AvgIpc) is 2.39. The second-order valence-electron chi connectivity index (χ2n) is 4.88. The quantitative estimate of drug-likeness (QED) is 0.637. The summed E-state index contributed by atoms with van der Waals surface area (Å²) in [6, 6.07) is -0.766. The first-order valence-corrected chi connectivity index (χ1v) is 8.02. The Labute approximate surface area is 112 Å². The highest BCUT2D eigenvalue weighted by molar-refractivity contribution is 7.89. The highest BCUT2D eigenvalue weighted by atomic mass is 32.2. The van der Waals surface area contributed by atoms with Crippen LogP contribution < -0.4 is 10.6 Å². The zero-order valence-corrected chi connectivity index (χ0v) is 11.7. The molecule has 0 aromatic rings. The molecule has 108 valence electrons. The number of carbonyl (C=O) groups is 2. The van der Waals surface area contributed by atoms with Crippen LogP contribution in [0.25, 0.3) is 0 Å². The molecule has 2 amide bonds. The molecule has 0 spiro atoms. The van der Waals surface area contributed by atoms with Crippen molar-refractivity contribution >= 4 is 21.8 Å². The van der Waals surface area contributed by atoms with E-state index in [0.717, 1.165) is 4.31 Å².